The van der Waals surface area contributed by atoms with Crippen LogP contribution in [0.2, 0.25) is 5.02 Å². The van der Waals surface area contributed by atoms with Gasteiger partial charge in [0.2, 0.25) is 0 Å². The maximum Gasteiger partial charge on any atom is 0.199 e. The van der Waals surface area contributed by atoms with E-state index < -0.39 is 0 Å². The Morgan fingerprint density at radius 1 is 1.22 bits per heavy atom. The number of pyridine rings is 1. The van der Waals surface area contributed by atoms with Crippen molar-refractivity contribution in [1.29, 1.82) is 0 Å². The van der Waals surface area contributed by atoms with Gasteiger partial charge < -0.3 is 5.11 Å². The van der Waals surface area contributed by atoms with Crippen LogP contribution in [-0.4, -0.2) is 30.5 Å². The molecule has 0 atom stereocenters. The van der Waals surface area contributed by atoms with E-state index in [2.05, 4.69) is 15.1 Å². The molecule has 0 fully saturated rings. The van der Waals surface area contributed by atoms with E-state index in [0.29, 0.717) is 21.9 Å². The first-order chi connectivity index (χ1) is 11.1. The molecule has 4 rings (SSSR count). The van der Waals surface area contributed by atoms with E-state index in [1.807, 2.05) is 6.07 Å². The summed E-state index contributed by atoms with van der Waals surface area (Å²) in [6.45, 7) is 0. The number of ketones is 1. The highest BCUT2D eigenvalue weighted by Gasteiger charge is 2.16. The first-order valence-electron chi connectivity index (χ1n) is 6.76. The van der Waals surface area contributed by atoms with Crippen molar-refractivity contribution in [3.8, 4) is 5.75 Å². The van der Waals surface area contributed by atoms with Crippen LogP contribution in [0.25, 0.3) is 16.7 Å². The number of rotatable bonds is 2. The second kappa shape index (κ2) is 5.03. The van der Waals surface area contributed by atoms with Gasteiger partial charge in [-0.25, -0.2) is 14.5 Å². The number of hydrogen-bond donors (Lipinski definition) is 1. The summed E-state index contributed by atoms with van der Waals surface area (Å²) < 4.78 is 1.51. The molecule has 3 aromatic heterocycles. The number of phenols is 1. The molecule has 23 heavy (non-hydrogen) atoms. The Morgan fingerprint density at radius 2 is 2.09 bits per heavy atom. The Bertz CT molecular complexity index is 1070. The Kier molecular flexibility index (Phi) is 2.99. The van der Waals surface area contributed by atoms with Crippen LogP contribution in [-0.2, 0) is 0 Å². The highest BCUT2D eigenvalue weighted by molar-refractivity contribution is 6.31. The predicted octanol–water partition coefficient (Wildman–Crippen LogP) is 2.87. The third kappa shape index (κ3) is 2.20. The molecule has 0 aliphatic heterocycles. The largest absolute Gasteiger partial charge is 0.507 e. The minimum Gasteiger partial charge on any atom is -0.507 e. The monoisotopic (exact) mass is 324 g/mol. The van der Waals surface area contributed by atoms with Crippen molar-refractivity contribution in [3.05, 3.63) is 65.1 Å². The number of carbonyl (C=O) groups is 1. The van der Waals surface area contributed by atoms with Crippen LogP contribution >= 0.6 is 11.6 Å². The van der Waals surface area contributed by atoms with Gasteiger partial charge in [0.1, 0.15) is 5.75 Å². The molecule has 0 aliphatic rings. The molecule has 0 radical (unpaired) electrons. The molecule has 0 saturated carbocycles. The van der Waals surface area contributed by atoms with E-state index in [1.54, 1.807) is 18.5 Å². The van der Waals surface area contributed by atoms with E-state index >= 15 is 0 Å². The van der Waals surface area contributed by atoms with Gasteiger partial charge in [-0.05, 0) is 30.3 Å². The minimum absolute atomic E-state index is 0.119. The highest BCUT2D eigenvalue weighted by atomic mass is 35.5. The molecule has 0 spiro atoms. The fourth-order valence-corrected chi connectivity index (χ4v) is 2.57. The van der Waals surface area contributed by atoms with Gasteiger partial charge in [-0.3, -0.25) is 4.79 Å². The van der Waals surface area contributed by atoms with E-state index in [4.69, 9.17) is 11.6 Å². The second-order valence-electron chi connectivity index (χ2n) is 4.98. The molecule has 112 valence electrons. The van der Waals surface area contributed by atoms with Crippen molar-refractivity contribution in [1.82, 2.24) is 19.6 Å². The lowest BCUT2D eigenvalue weighted by Crippen LogP contribution is -2.05. The molecule has 0 bridgehead atoms. The Hall–Kier alpha value is -2.99. The number of aromatic hydroxyl groups is 1. The predicted molar refractivity (Wildman–Crippen MR) is 84.8 cm³/mol. The molecule has 0 amide bonds. The van der Waals surface area contributed by atoms with Gasteiger partial charge in [0.25, 0.3) is 0 Å². The fourth-order valence-electron chi connectivity index (χ4n) is 2.40. The van der Waals surface area contributed by atoms with Gasteiger partial charge in [0.05, 0.1) is 16.5 Å². The van der Waals surface area contributed by atoms with Crippen LogP contribution in [0.5, 0.6) is 5.75 Å². The number of halogens is 1. The third-order valence-corrected chi connectivity index (χ3v) is 3.73. The van der Waals surface area contributed by atoms with Crippen LogP contribution < -0.4 is 0 Å². The fraction of sp³-hybridized carbons (Fsp3) is 0. The van der Waals surface area contributed by atoms with Gasteiger partial charge in [-0.2, -0.15) is 0 Å². The zero-order valence-electron chi connectivity index (χ0n) is 11.6. The summed E-state index contributed by atoms with van der Waals surface area (Å²) in [7, 11) is 0. The Morgan fingerprint density at radius 3 is 2.96 bits per heavy atom. The zero-order valence-corrected chi connectivity index (χ0v) is 12.4. The minimum atomic E-state index is -0.382. The Balaban J connectivity index is 1.87. The average Bonchev–Trinajstić information content (AvgIpc) is 2.94. The molecule has 3 heterocycles. The highest BCUT2D eigenvalue weighted by Crippen LogP contribution is 2.24. The summed E-state index contributed by atoms with van der Waals surface area (Å²) >= 11 is 5.89. The molecular weight excluding hydrogens is 316 g/mol. The molecule has 1 aromatic carbocycles. The topological polar surface area (TPSA) is 80.4 Å². The van der Waals surface area contributed by atoms with Gasteiger partial charge in [0, 0.05) is 23.6 Å². The van der Waals surface area contributed by atoms with E-state index in [0.717, 1.165) is 5.39 Å². The summed E-state index contributed by atoms with van der Waals surface area (Å²) in [5.74, 6) is -0.515. The normalized spacial score (nSPS) is 11.2. The van der Waals surface area contributed by atoms with E-state index in [-0.39, 0.29) is 17.1 Å². The molecule has 7 heteroatoms. The van der Waals surface area contributed by atoms with Crippen LogP contribution in [0.1, 0.15) is 15.9 Å². The zero-order chi connectivity index (χ0) is 16.0. The van der Waals surface area contributed by atoms with E-state index in [1.165, 1.54) is 28.9 Å². The van der Waals surface area contributed by atoms with Crippen LogP contribution in [0, 0.1) is 0 Å². The van der Waals surface area contributed by atoms with E-state index in [9.17, 15) is 9.90 Å². The second-order valence-corrected chi connectivity index (χ2v) is 5.41. The maximum atomic E-state index is 12.6. The standard InChI is InChI=1S/C16H9ClN4O2/c17-10-3-4-13(22)12(6-10)14(23)9-7-19-16-11-2-1-5-18-15(11)20-21(16)8-9/h1-8,22H. The van der Waals surface area contributed by atoms with Gasteiger partial charge in [-0.15, -0.1) is 5.10 Å². The van der Waals surface area contributed by atoms with Crippen molar-refractivity contribution in [2.75, 3.05) is 0 Å². The lowest BCUT2D eigenvalue weighted by molar-refractivity contribution is 0.103. The number of fused-ring (bicyclic) bond motifs is 3. The summed E-state index contributed by atoms with van der Waals surface area (Å²) in [5, 5.41) is 15.3. The number of phenolic OH excluding ortho intramolecular Hbond substituents is 1. The van der Waals surface area contributed by atoms with Gasteiger partial charge in [0.15, 0.2) is 17.1 Å². The first-order valence-corrected chi connectivity index (χ1v) is 7.13. The summed E-state index contributed by atoms with van der Waals surface area (Å²) in [4.78, 5) is 21.0. The van der Waals surface area contributed by atoms with Crippen LogP contribution in [0.4, 0.5) is 0 Å². The number of hydrogen-bond acceptors (Lipinski definition) is 5. The molecule has 4 aromatic rings. The lowest BCUT2D eigenvalue weighted by atomic mass is 10.1. The maximum absolute atomic E-state index is 12.6. The summed E-state index contributed by atoms with van der Waals surface area (Å²) in [5.41, 5.74) is 1.58. The number of nitrogens with zero attached hydrogens (tertiary/aromatic N) is 4. The Labute approximate surface area is 135 Å². The summed E-state index contributed by atoms with van der Waals surface area (Å²) in [6, 6.07) is 7.98. The molecule has 0 unspecified atom stereocenters. The SMILES string of the molecule is O=C(c1cnc2c3cccnc3nn2c1)c1cc(Cl)ccc1O. The molecule has 1 N–H and O–H groups in total. The van der Waals surface area contributed by atoms with Crippen LogP contribution in [0.15, 0.2) is 48.9 Å². The molecule has 0 saturated heterocycles. The quantitative estimate of drug-likeness (QED) is 0.573. The third-order valence-electron chi connectivity index (χ3n) is 3.50. The number of aromatic nitrogens is 4. The van der Waals surface area contributed by atoms with Crippen molar-refractivity contribution in [3.63, 3.8) is 0 Å². The lowest BCUT2D eigenvalue weighted by Gasteiger charge is -2.04. The molecular formula is C16H9ClN4O2. The molecule has 0 aliphatic carbocycles. The van der Waals surface area contributed by atoms with Gasteiger partial charge in [-0.1, -0.05) is 11.6 Å². The van der Waals surface area contributed by atoms with Crippen molar-refractivity contribution in [2.45, 2.75) is 0 Å². The van der Waals surface area contributed by atoms with Gasteiger partial charge >= 0.3 is 0 Å². The number of benzene rings is 1. The summed E-state index contributed by atoms with van der Waals surface area (Å²) in [6.07, 6.45) is 4.66. The first kappa shape index (κ1) is 13.7. The van der Waals surface area contributed by atoms with Crippen molar-refractivity contribution < 1.29 is 9.90 Å². The van der Waals surface area contributed by atoms with Crippen molar-refractivity contribution >= 4 is 34.1 Å². The smallest absolute Gasteiger partial charge is 0.199 e. The van der Waals surface area contributed by atoms with Crippen LogP contribution in [0.3, 0.4) is 0 Å². The van der Waals surface area contributed by atoms with Crippen molar-refractivity contribution in [2.24, 2.45) is 0 Å². The molecule has 6 nitrogen and oxygen atoms in total. The average molecular weight is 325 g/mol. The number of carbonyl (C=O) groups excluding carboxylic acids is 1.